The van der Waals surface area contributed by atoms with Gasteiger partial charge >= 0.3 is 0 Å². The Balaban J connectivity index is 2.27. The molecule has 0 N–H and O–H groups in total. The van der Waals surface area contributed by atoms with Gasteiger partial charge in [0.2, 0.25) is 0 Å². The third-order valence-corrected chi connectivity index (χ3v) is 5.81. The molecule has 0 spiro atoms. The molecule has 0 atom stereocenters. The Labute approximate surface area is 169 Å². The lowest BCUT2D eigenvalue weighted by molar-refractivity contribution is 0.101. The van der Waals surface area contributed by atoms with Crippen LogP contribution in [0, 0.1) is 12.7 Å². The Kier molecular flexibility index (Phi) is 5.75. The lowest BCUT2D eigenvalue weighted by Crippen LogP contribution is -2.23. The molecule has 0 unspecified atom stereocenters. The third-order valence-electron chi connectivity index (χ3n) is 4.01. The number of pyridine rings is 1. The molecule has 0 amide bonds. The molecule has 0 aliphatic carbocycles. The Morgan fingerprint density at radius 1 is 1.07 bits per heavy atom. The molecular weight excluding hydrogens is 408 g/mol. The van der Waals surface area contributed by atoms with Crippen molar-refractivity contribution in [3.63, 3.8) is 0 Å². The van der Waals surface area contributed by atoms with Crippen LogP contribution < -0.4 is 5.56 Å². The number of hydrogen-bond acceptors (Lipinski definition) is 3. The van der Waals surface area contributed by atoms with E-state index in [1.807, 2.05) is 0 Å². The minimum absolute atomic E-state index is 0.189. The van der Waals surface area contributed by atoms with Crippen molar-refractivity contribution in [3.05, 3.63) is 86.0 Å². The Morgan fingerprint density at radius 3 is 2.22 bits per heavy atom. The first-order valence-electron chi connectivity index (χ1n) is 7.94. The van der Waals surface area contributed by atoms with Crippen LogP contribution >= 0.6 is 35.0 Å². The number of para-hydroxylation sites is 1. The van der Waals surface area contributed by atoms with E-state index in [4.69, 9.17) is 23.2 Å². The Bertz CT molecular complexity index is 1070. The molecule has 0 bridgehead atoms. The number of Topliss-reactive ketones (excluding diaryl/α,β-unsaturated/α-hetero) is 1. The fourth-order valence-electron chi connectivity index (χ4n) is 2.66. The molecule has 3 rings (SSSR count). The first kappa shape index (κ1) is 19.7. The van der Waals surface area contributed by atoms with E-state index in [1.165, 1.54) is 29.8 Å². The summed E-state index contributed by atoms with van der Waals surface area (Å²) in [6, 6.07) is 10.7. The van der Waals surface area contributed by atoms with E-state index in [0.29, 0.717) is 36.7 Å². The quantitative estimate of drug-likeness (QED) is 0.488. The van der Waals surface area contributed by atoms with Gasteiger partial charge in [0.05, 0.1) is 20.6 Å². The first-order valence-corrected chi connectivity index (χ1v) is 9.52. The predicted molar refractivity (Wildman–Crippen MR) is 107 cm³/mol. The van der Waals surface area contributed by atoms with Crippen LogP contribution in [0.5, 0.6) is 0 Å². The van der Waals surface area contributed by atoms with E-state index in [0.717, 1.165) is 11.8 Å². The largest absolute Gasteiger partial charge is 0.294 e. The van der Waals surface area contributed by atoms with E-state index in [2.05, 4.69) is 0 Å². The molecule has 0 saturated heterocycles. The molecule has 3 nitrogen and oxygen atoms in total. The van der Waals surface area contributed by atoms with E-state index < -0.39 is 0 Å². The average Bonchev–Trinajstić information content (AvgIpc) is 2.61. The van der Waals surface area contributed by atoms with Crippen molar-refractivity contribution in [2.75, 3.05) is 0 Å². The summed E-state index contributed by atoms with van der Waals surface area (Å²) in [5.41, 5.74) is 0.896. The highest BCUT2D eigenvalue weighted by molar-refractivity contribution is 7.99. The highest BCUT2D eigenvalue weighted by atomic mass is 35.5. The van der Waals surface area contributed by atoms with Gasteiger partial charge in [-0.25, -0.2) is 4.39 Å². The van der Waals surface area contributed by atoms with E-state index in [-0.39, 0.29) is 17.2 Å². The molecule has 0 fully saturated rings. The van der Waals surface area contributed by atoms with Crippen LogP contribution in [0.1, 0.15) is 22.8 Å². The molecule has 2 aromatic carbocycles. The second-order valence-electron chi connectivity index (χ2n) is 5.85. The van der Waals surface area contributed by atoms with Gasteiger partial charge in [0.25, 0.3) is 5.56 Å². The first-order chi connectivity index (χ1) is 12.8. The standard InChI is InChI=1S/C20H14Cl2FNO2S/c1-11-15(12(2)25)10-24(18-16(21)4-3-5-17(18)22)20(26)19(11)27-14-8-6-13(23)7-9-14/h3-10H,1-2H3. The number of benzene rings is 2. The van der Waals surface area contributed by atoms with Crippen LogP contribution in [0.4, 0.5) is 4.39 Å². The van der Waals surface area contributed by atoms with E-state index >= 15 is 0 Å². The second-order valence-corrected chi connectivity index (χ2v) is 7.75. The van der Waals surface area contributed by atoms with Crippen LogP contribution in [-0.2, 0) is 0 Å². The van der Waals surface area contributed by atoms with Gasteiger partial charge in [-0.2, -0.15) is 0 Å². The summed E-state index contributed by atoms with van der Waals surface area (Å²) in [6.07, 6.45) is 1.46. The highest BCUT2D eigenvalue weighted by Crippen LogP contribution is 2.32. The molecule has 7 heteroatoms. The number of rotatable bonds is 4. The molecule has 0 saturated carbocycles. The number of ketones is 1. The monoisotopic (exact) mass is 421 g/mol. The van der Waals surface area contributed by atoms with Gasteiger partial charge < -0.3 is 0 Å². The van der Waals surface area contributed by atoms with Gasteiger partial charge in [-0.3, -0.25) is 14.2 Å². The Morgan fingerprint density at radius 2 is 1.67 bits per heavy atom. The summed E-state index contributed by atoms with van der Waals surface area (Å²) in [7, 11) is 0. The zero-order valence-corrected chi connectivity index (χ0v) is 16.8. The summed E-state index contributed by atoms with van der Waals surface area (Å²) in [5, 5.41) is 0.585. The molecule has 1 aromatic heterocycles. The van der Waals surface area contributed by atoms with Crippen LogP contribution in [0.2, 0.25) is 10.0 Å². The average molecular weight is 422 g/mol. The number of carbonyl (C=O) groups excluding carboxylic acids is 1. The maximum absolute atomic E-state index is 13.2. The number of hydrogen-bond donors (Lipinski definition) is 0. The normalized spacial score (nSPS) is 10.9. The summed E-state index contributed by atoms with van der Waals surface area (Å²) in [5.74, 6) is -0.556. The number of carbonyl (C=O) groups is 1. The van der Waals surface area contributed by atoms with E-state index in [1.54, 1.807) is 37.3 Å². The lowest BCUT2D eigenvalue weighted by atomic mass is 10.1. The van der Waals surface area contributed by atoms with Crippen molar-refractivity contribution in [2.45, 2.75) is 23.6 Å². The highest BCUT2D eigenvalue weighted by Gasteiger charge is 2.19. The fourth-order valence-corrected chi connectivity index (χ4v) is 4.19. The minimum atomic E-state index is -0.367. The molecule has 138 valence electrons. The number of nitrogens with zero attached hydrogens (tertiary/aromatic N) is 1. The topological polar surface area (TPSA) is 39.1 Å². The van der Waals surface area contributed by atoms with Crippen molar-refractivity contribution < 1.29 is 9.18 Å². The molecule has 1 heterocycles. The van der Waals surface area contributed by atoms with Crippen LogP contribution in [0.25, 0.3) is 5.69 Å². The minimum Gasteiger partial charge on any atom is -0.294 e. The molecular formula is C20H14Cl2FNO2S. The molecule has 0 aliphatic rings. The molecule has 0 radical (unpaired) electrons. The van der Waals surface area contributed by atoms with E-state index in [9.17, 15) is 14.0 Å². The smallest absolute Gasteiger partial charge is 0.269 e. The third kappa shape index (κ3) is 3.95. The summed E-state index contributed by atoms with van der Waals surface area (Å²) in [4.78, 5) is 26.3. The Hall–Kier alpha value is -2.08. The number of aromatic nitrogens is 1. The summed E-state index contributed by atoms with van der Waals surface area (Å²) >= 11 is 13.7. The van der Waals surface area contributed by atoms with Crippen LogP contribution in [0.15, 0.2) is 63.2 Å². The van der Waals surface area contributed by atoms with Crippen molar-refractivity contribution in [1.82, 2.24) is 4.57 Å². The molecule has 27 heavy (non-hydrogen) atoms. The summed E-state index contributed by atoms with van der Waals surface area (Å²) < 4.78 is 14.5. The fraction of sp³-hybridized carbons (Fsp3) is 0.100. The lowest BCUT2D eigenvalue weighted by Gasteiger charge is -2.16. The maximum Gasteiger partial charge on any atom is 0.269 e. The van der Waals surface area contributed by atoms with Gasteiger partial charge in [0.15, 0.2) is 5.78 Å². The second kappa shape index (κ2) is 7.89. The number of halogens is 3. The van der Waals surface area contributed by atoms with Gasteiger partial charge in [0, 0.05) is 16.7 Å². The van der Waals surface area contributed by atoms with Crippen molar-refractivity contribution in [3.8, 4) is 5.69 Å². The maximum atomic E-state index is 13.2. The van der Waals surface area contributed by atoms with Gasteiger partial charge in [0.1, 0.15) is 5.82 Å². The summed E-state index contributed by atoms with van der Waals surface area (Å²) in [6.45, 7) is 3.14. The van der Waals surface area contributed by atoms with Crippen molar-refractivity contribution in [2.24, 2.45) is 0 Å². The van der Waals surface area contributed by atoms with Gasteiger partial charge in [-0.15, -0.1) is 0 Å². The van der Waals surface area contributed by atoms with Crippen LogP contribution in [0.3, 0.4) is 0 Å². The van der Waals surface area contributed by atoms with Gasteiger partial charge in [-0.1, -0.05) is 41.0 Å². The van der Waals surface area contributed by atoms with Crippen molar-refractivity contribution >= 4 is 40.7 Å². The SMILES string of the molecule is CC(=O)c1cn(-c2c(Cl)cccc2Cl)c(=O)c(Sc2ccc(F)cc2)c1C. The zero-order valence-electron chi connectivity index (χ0n) is 14.4. The zero-order chi connectivity index (χ0) is 19.7. The molecule has 0 aliphatic heterocycles. The molecule has 3 aromatic rings. The van der Waals surface area contributed by atoms with Gasteiger partial charge in [-0.05, 0) is 55.8 Å². The van der Waals surface area contributed by atoms with Crippen LogP contribution in [-0.4, -0.2) is 10.4 Å². The predicted octanol–water partition coefficient (Wildman–Crippen LogP) is 5.95. The van der Waals surface area contributed by atoms with Crippen molar-refractivity contribution in [1.29, 1.82) is 0 Å².